The third-order valence-electron chi connectivity index (χ3n) is 3.20. The molecule has 0 saturated carbocycles. The van der Waals surface area contributed by atoms with Crippen LogP contribution in [0.1, 0.15) is 22.3 Å². The first-order valence-electron chi connectivity index (χ1n) is 7.06. The Kier molecular flexibility index (Phi) is 6.59. The number of hydrogen-bond acceptors (Lipinski definition) is 2. The first kappa shape index (κ1) is 17.9. The molecule has 4 nitrogen and oxygen atoms in total. The topological polar surface area (TPSA) is 58.2 Å². The molecule has 0 aliphatic heterocycles. The Morgan fingerprint density at radius 3 is 2.52 bits per heavy atom. The molecule has 0 heterocycles. The van der Waals surface area contributed by atoms with Crippen LogP contribution >= 0.6 is 38.5 Å². The lowest BCUT2D eigenvalue weighted by Crippen LogP contribution is -2.28. The molecule has 0 bridgehead atoms. The fourth-order valence-corrected chi connectivity index (χ4v) is 2.83. The van der Waals surface area contributed by atoms with Gasteiger partial charge in [-0.25, -0.2) is 0 Å². The standard InChI is InChI=1S/C17H16BrIN2O2/c1-11-3-2-4-14(16(11)19)17(23)20-10-9-15(22)21-13-7-5-12(18)6-8-13/h2-8H,9-10H2,1H3,(H,20,23)(H,21,22). The summed E-state index contributed by atoms with van der Waals surface area (Å²) in [6, 6.07) is 12.9. The molecule has 0 spiro atoms. The lowest BCUT2D eigenvalue weighted by molar-refractivity contribution is -0.116. The van der Waals surface area contributed by atoms with Crippen molar-refractivity contribution in [3.63, 3.8) is 0 Å². The third kappa shape index (κ3) is 5.31. The Hall–Kier alpha value is -1.41. The summed E-state index contributed by atoms with van der Waals surface area (Å²) in [7, 11) is 0. The van der Waals surface area contributed by atoms with Crippen LogP contribution in [0.15, 0.2) is 46.9 Å². The van der Waals surface area contributed by atoms with Gasteiger partial charge in [-0.3, -0.25) is 9.59 Å². The average molecular weight is 487 g/mol. The lowest BCUT2D eigenvalue weighted by atomic mass is 10.1. The molecule has 0 atom stereocenters. The van der Waals surface area contributed by atoms with Crippen molar-refractivity contribution in [2.75, 3.05) is 11.9 Å². The molecule has 0 radical (unpaired) electrons. The number of carbonyl (C=O) groups excluding carboxylic acids is 2. The maximum atomic E-state index is 12.1. The summed E-state index contributed by atoms with van der Waals surface area (Å²) in [5.74, 6) is -0.291. The van der Waals surface area contributed by atoms with Crippen molar-refractivity contribution in [1.82, 2.24) is 5.32 Å². The van der Waals surface area contributed by atoms with Gasteiger partial charge in [0.05, 0.1) is 5.56 Å². The van der Waals surface area contributed by atoms with E-state index >= 15 is 0 Å². The minimum Gasteiger partial charge on any atom is -0.351 e. The van der Waals surface area contributed by atoms with E-state index in [1.807, 2.05) is 43.3 Å². The zero-order valence-corrected chi connectivity index (χ0v) is 16.3. The molecule has 6 heteroatoms. The summed E-state index contributed by atoms with van der Waals surface area (Å²) in [6.07, 6.45) is 0.226. The van der Waals surface area contributed by atoms with E-state index < -0.39 is 0 Å². The number of halogens is 2. The minimum absolute atomic E-state index is 0.133. The predicted octanol–water partition coefficient (Wildman–Crippen LogP) is 4.12. The van der Waals surface area contributed by atoms with Crippen LogP contribution in [0.4, 0.5) is 5.69 Å². The highest BCUT2D eigenvalue weighted by Gasteiger charge is 2.11. The van der Waals surface area contributed by atoms with Crippen molar-refractivity contribution < 1.29 is 9.59 Å². The maximum absolute atomic E-state index is 12.1. The summed E-state index contributed by atoms with van der Waals surface area (Å²) < 4.78 is 1.89. The van der Waals surface area contributed by atoms with Crippen LogP contribution in [-0.2, 0) is 4.79 Å². The monoisotopic (exact) mass is 486 g/mol. The first-order chi connectivity index (χ1) is 11.0. The molecule has 0 fully saturated rings. The quantitative estimate of drug-likeness (QED) is 0.624. The zero-order chi connectivity index (χ0) is 16.8. The van der Waals surface area contributed by atoms with Gasteiger partial charge in [0.25, 0.3) is 5.91 Å². The van der Waals surface area contributed by atoms with Gasteiger partial charge in [-0.2, -0.15) is 0 Å². The van der Waals surface area contributed by atoms with Gasteiger partial charge >= 0.3 is 0 Å². The highest BCUT2D eigenvalue weighted by atomic mass is 127. The van der Waals surface area contributed by atoms with Gasteiger partial charge in [0.2, 0.25) is 5.91 Å². The van der Waals surface area contributed by atoms with Gasteiger partial charge in [-0.05, 0) is 65.4 Å². The molecule has 2 amide bonds. The molecule has 2 aromatic rings. The molecule has 2 rings (SSSR count). The normalized spacial score (nSPS) is 10.2. The molecule has 0 unspecified atom stereocenters. The molecule has 2 N–H and O–H groups in total. The van der Waals surface area contributed by atoms with Crippen LogP contribution in [0.25, 0.3) is 0 Å². The summed E-state index contributed by atoms with van der Waals surface area (Å²) in [5, 5.41) is 5.57. The zero-order valence-electron chi connectivity index (χ0n) is 12.5. The minimum atomic E-state index is -0.158. The molecule has 23 heavy (non-hydrogen) atoms. The molecule has 120 valence electrons. The number of anilines is 1. The highest BCUT2D eigenvalue weighted by Crippen LogP contribution is 2.16. The molecular weight excluding hydrogens is 471 g/mol. The molecular formula is C17H16BrIN2O2. The first-order valence-corrected chi connectivity index (χ1v) is 8.93. The van der Waals surface area contributed by atoms with Gasteiger partial charge < -0.3 is 10.6 Å². The summed E-state index contributed by atoms with van der Waals surface area (Å²) in [5.41, 5.74) is 2.43. The number of carbonyl (C=O) groups is 2. The van der Waals surface area contributed by atoms with Crippen molar-refractivity contribution in [2.45, 2.75) is 13.3 Å². The van der Waals surface area contributed by atoms with Crippen molar-refractivity contribution in [3.05, 3.63) is 61.6 Å². The van der Waals surface area contributed by atoms with E-state index in [0.717, 1.165) is 19.3 Å². The number of rotatable bonds is 5. The van der Waals surface area contributed by atoms with Crippen LogP contribution in [0.2, 0.25) is 0 Å². The smallest absolute Gasteiger partial charge is 0.252 e. The summed E-state index contributed by atoms with van der Waals surface area (Å²) in [4.78, 5) is 24.0. The molecule has 0 aromatic heterocycles. The lowest BCUT2D eigenvalue weighted by Gasteiger charge is -2.09. The van der Waals surface area contributed by atoms with E-state index in [0.29, 0.717) is 12.1 Å². The average Bonchev–Trinajstić information content (AvgIpc) is 2.52. The van der Waals surface area contributed by atoms with E-state index in [-0.39, 0.29) is 18.2 Å². The Bertz CT molecular complexity index is 717. The van der Waals surface area contributed by atoms with Crippen LogP contribution in [0.5, 0.6) is 0 Å². The van der Waals surface area contributed by atoms with E-state index in [2.05, 4.69) is 49.2 Å². The van der Waals surface area contributed by atoms with Gasteiger partial charge in [0, 0.05) is 26.7 Å². The van der Waals surface area contributed by atoms with E-state index in [1.54, 1.807) is 6.07 Å². The largest absolute Gasteiger partial charge is 0.351 e. The van der Waals surface area contributed by atoms with Crippen LogP contribution in [0.3, 0.4) is 0 Å². The second-order valence-electron chi connectivity index (χ2n) is 5.00. The van der Waals surface area contributed by atoms with Gasteiger partial charge in [0.1, 0.15) is 0 Å². The Morgan fingerprint density at radius 2 is 1.83 bits per heavy atom. The van der Waals surface area contributed by atoms with Crippen molar-refractivity contribution in [1.29, 1.82) is 0 Å². The number of nitrogens with one attached hydrogen (secondary N) is 2. The van der Waals surface area contributed by atoms with E-state index in [1.165, 1.54) is 0 Å². The van der Waals surface area contributed by atoms with E-state index in [9.17, 15) is 9.59 Å². The molecule has 2 aromatic carbocycles. The van der Waals surface area contributed by atoms with Gasteiger partial charge in [0.15, 0.2) is 0 Å². The van der Waals surface area contributed by atoms with Crippen LogP contribution < -0.4 is 10.6 Å². The number of benzene rings is 2. The number of amides is 2. The highest BCUT2D eigenvalue weighted by molar-refractivity contribution is 14.1. The predicted molar refractivity (Wildman–Crippen MR) is 104 cm³/mol. The second-order valence-corrected chi connectivity index (χ2v) is 6.99. The Balaban J connectivity index is 1.82. The van der Waals surface area contributed by atoms with Crippen LogP contribution in [0, 0.1) is 10.5 Å². The van der Waals surface area contributed by atoms with Crippen molar-refractivity contribution in [3.8, 4) is 0 Å². The number of aryl methyl sites for hydroxylation is 1. The van der Waals surface area contributed by atoms with Crippen molar-refractivity contribution >= 4 is 56.0 Å². The molecule has 0 aliphatic carbocycles. The molecule has 0 saturated heterocycles. The van der Waals surface area contributed by atoms with Crippen LogP contribution in [-0.4, -0.2) is 18.4 Å². The second kappa shape index (κ2) is 8.44. The van der Waals surface area contributed by atoms with Gasteiger partial charge in [-0.1, -0.05) is 28.1 Å². The Morgan fingerprint density at radius 1 is 1.13 bits per heavy atom. The van der Waals surface area contributed by atoms with E-state index in [4.69, 9.17) is 0 Å². The summed E-state index contributed by atoms with van der Waals surface area (Å²) in [6.45, 7) is 2.26. The SMILES string of the molecule is Cc1cccc(C(=O)NCCC(=O)Nc2ccc(Br)cc2)c1I. The van der Waals surface area contributed by atoms with Crippen molar-refractivity contribution in [2.24, 2.45) is 0 Å². The summed E-state index contributed by atoms with van der Waals surface area (Å²) >= 11 is 5.50. The molecule has 0 aliphatic rings. The fourth-order valence-electron chi connectivity index (χ4n) is 1.96. The van der Waals surface area contributed by atoms with Gasteiger partial charge in [-0.15, -0.1) is 0 Å². The maximum Gasteiger partial charge on any atom is 0.252 e. The number of hydrogen-bond donors (Lipinski definition) is 2. The third-order valence-corrected chi connectivity index (χ3v) is 5.16. The fraction of sp³-hybridized carbons (Fsp3) is 0.176. The Labute approximate surface area is 157 Å².